The van der Waals surface area contributed by atoms with Crippen LogP contribution in [-0.2, 0) is 23.9 Å². The van der Waals surface area contributed by atoms with Crippen molar-refractivity contribution in [3.05, 3.63) is 51.6 Å². The first-order chi connectivity index (χ1) is 19.1. The van der Waals surface area contributed by atoms with Crippen molar-refractivity contribution in [3.63, 3.8) is 0 Å². The fourth-order valence-electron chi connectivity index (χ4n) is 6.77. The van der Waals surface area contributed by atoms with E-state index in [-0.39, 0.29) is 36.9 Å². The van der Waals surface area contributed by atoms with E-state index in [2.05, 4.69) is 15.2 Å². The maximum absolute atomic E-state index is 15.2. The molecule has 2 fully saturated rings. The smallest absolute Gasteiger partial charge is 0.417 e. The minimum absolute atomic E-state index is 0.0811. The van der Waals surface area contributed by atoms with Gasteiger partial charge in [0.05, 0.1) is 40.9 Å². The molecule has 7 nitrogen and oxygen atoms in total. The van der Waals surface area contributed by atoms with Crippen molar-refractivity contribution >= 4 is 11.3 Å². The number of rotatable bonds is 5. The molecule has 12 heteroatoms. The number of aryl methyl sites for hydroxylation is 1. The number of hydrogen-bond donors (Lipinski definition) is 2. The van der Waals surface area contributed by atoms with E-state index in [0.29, 0.717) is 42.9 Å². The Kier molecular flexibility index (Phi) is 6.99. The molecule has 4 aliphatic heterocycles. The summed E-state index contributed by atoms with van der Waals surface area (Å²) in [7, 11) is 0. The van der Waals surface area contributed by atoms with E-state index >= 15 is 4.39 Å². The minimum atomic E-state index is -4.80. The Morgan fingerprint density at radius 3 is 2.88 bits per heavy atom. The summed E-state index contributed by atoms with van der Waals surface area (Å²) in [6.45, 7) is 3.96. The molecule has 5 heterocycles. The van der Waals surface area contributed by atoms with Crippen molar-refractivity contribution in [2.45, 2.75) is 69.6 Å². The molecule has 0 amide bonds. The van der Waals surface area contributed by atoms with Crippen LogP contribution in [0.3, 0.4) is 0 Å². The monoisotopic (exact) mass is 565 g/mol. The Morgan fingerprint density at radius 1 is 1.30 bits per heavy atom. The lowest BCUT2D eigenvalue weighted by atomic mass is 9.90. The van der Waals surface area contributed by atoms with Crippen LogP contribution in [0, 0.1) is 12.7 Å². The number of anilines is 1. The van der Waals surface area contributed by atoms with Gasteiger partial charge >= 0.3 is 12.2 Å². The maximum Gasteiger partial charge on any atom is 0.417 e. The van der Waals surface area contributed by atoms with Crippen LogP contribution in [0.5, 0.6) is 6.01 Å². The highest BCUT2D eigenvalue weighted by molar-refractivity contribution is 5.67. The number of fused-ring (bicyclic) bond motifs is 2. The van der Waals surface area contributed by atoms with Crippen molar-refractivity contribution in [1.82, 2.24) is 20.2 Å². The third-order valence-corrected chi connectivity index (χ3v) is 8.61. The van der Waals surface area contributed by atoms with Crippen LogP contribution in [0.15, 0.2) is 12.1 Å². The SMILES string of the molecule is Cc1cc(N)c(F)c([C@H]2Cc3nc(OC[C@@]45CCCN4C[C@H](F)C5)nc(C4=CCNCC4)c3CO2)c1C(F)(F)F. The van der Waals surface area contributed by atoms with E-state index in [4.69, 9.17) is 20.2 Å². The van der Waals surface area contributed by atoms with Gasteiger partial charge < -0.3 is 20.5 Å². The summed E-state index contributed by atoms with van der Waals surface area (Å²) in [6, 6.07) is 1.07. The van der Waals surface area contributed by atoms with Crippen LogP contribution in [0.25, 0.3) is 5.57 Å². The zero-order valence-electron chi connectivity index (χ0n) is 22.2. The van der Waals surface area contributed by atoms with Gasteiger partial charge in [0.1, 0.15) is 12.8 Å². The first-order valence-corrected chi connectivity index (χ1v) is 13.6. The Morgan fingerprint density at radius 2 is 2.12 bits per heavy atom. The Balaban J connectivity index is 1.37. The lowest BCUT2D eigenvalue weighted by molar-refractivity contribution is -0.140. The van der Waals surface area contributed by atoms with Crippen LogP contribution >= 0.6 is 0 Å². The largest absolute Gasteiger partial charge is 0.461 e. The molecule has 0 saturated carbocycles. The quantitative estimate of drug-likeness (QED) is 0.403. The first-order valence-electron chi connectivity index (χ1n) is 13.6. The van der Waals surface area contributed by atoms with E-state index in [9.17, 15) is 17.6 Å². The van der Waals surface area contributed by atoms with Gasteiger partial charge in [-0.1, -0.05) is 6.08 Å². The van der Waals surface area contributed by atoms with E-state index in [1.165, 1.54) is 6.92 Å². The summed E-state index contributed by atoms with van der Waals surface area (Å²) >= 11 is 0. The minimum Gasteiger partial charge on any atom is -0.461 e. The zero-order chi connectivity index (χ0) is 28.2. The highest BCUT2D eigenvalue weighted by atomic mass is 19.4. The fourth-order valence-corrected chi connectivity index (χ4v) is 6.77. The molecule has 0 spiro atoms. The number of alkyl halides is 4. The summed E-state index contributed by atoms with van der Waals surface area (Å²) < 4.78 is 83.7. The van der Waals surface area contributed by atoms with Gasteiger partial charge in [-0.3, -0.25) is 4.90 Å². The molecule has 0 radical (unpaired) electrons. The number of ether oxygens (including phenoxy) is 2. The van der Waals surface area contributed by atoms with Gasteiger partial charge in [0, 0.05) is 37.1 Å². The standard InChI is InChI=1S/C28H32F5N5O2/c1-15-9-19(34)24(30)22(23(15)28(31,32)33)21-10-20-18(13-39-21)25(16-3-6-35-7-4-16)37-26(36-20)40-14-27-5-2-8-38(27)12-17(29)11-27/h3,9,17,21,35H,2,4-8,10-14,34H2,1H3/t17-,21-,27+/m1/s1. The van der Waals surface area contributed by atoms with Crippen molar-refractivity contribution in [2.24, 2.45) is 0 Å². The van der Waals surface area contributed by atoms with Crippen molar-refractivity contribution in [2.75, 3.05) is 38.5 Å². The number of nitrogen functional groups attached to an aromatic ring is 1. The molecular formula is C28H32F5N5O2. The van der Waals surface area contributed by atoms with E-state index in [1.807, 2.05) is 6.08 Å². The van der Waals surface area contributed by atoms with Crippen molar-refractivity contribution in [1.29, 1.82) is 0 Å². The topological polar surface area (TPSA) is 85.5 Å². The fraction of sp³-hybridized carbons (Fsp3) is 0.571. The van der Waals surface area contributed by atoms with Gasteiger partial charge in [0.2, 0.25) is 0 Å². The molecule has 0 unspecified atom stereocenters. The second-order valence-corrected chi connectivity index (χ2v) is 11.2. The molecule has 0 bridgehead atoms. The predicted octanol–water partition coefficient (Wildman–Crippen LogP) is 4.67. The second kappa shape index (κ2) is 10.2. The third kappa shape index (κ3) is 4.83. The van der Waals surface area contributed by atoms with Gasteiger partial charge in [-0.2, -0.15) is 23.1 Å². The molecule has 1 aromatic heterocycles. The molecule has 0 aliphatic carbocycles. The molecule has 6 rings (SSSR count). The zero-order valence-corrected chi connectivity index (χ0v) is 22.2. The van der Waals surface area contributed by atoms with Crippen molar-refractivity contribution < 1.29 is 31.4 Å². The lowest BCUT2D eigenvalue weighted by Gasteiger charge is -2.32. The van der Waals surface area contributed by atoms with Crippen LogP contribution in [-0.4, -0.2) is 59.4 Å². The Hall–Kier alpha value is -2.83. The number of nitrogens with two attached hydrogens (primary N) is 1. The number of aromatic nitrogens is 2. The highest BCUT2D eigenvalue weighted by Gasteiger charge is 2.49. The van der Waals surface area contributed by atoms with Gasteiger partial charge in [0.25, 0.3) is 0 Å². The molecule has 2 saturated heterocycles. The molecule has 216 valence electrons. The van der Waals surface area contributed by atoms with Gasteiger partial charge in [-0.05, 0) is 56.5 Å². The Labute approximate surface area is 228 Å². The van der Waals surface area contributed by atoms with Crippen LogP contribution in [0.1, 0.15) is 65.4 Å². The summed E-state index contributed by atoms with van der Waals surface area (Å²) in [4.78, 5) is 11.4. The molecule has 4 aliphatic rings. The number of hydrogen-bond acceptors (Lipinski definition) is 7. The van der Waals surface area contributed by atoms with E-state index in [0.717, 1.165) is 37.6 Å². The summed E-state index contributed by atoms with van der Waals surface area (Å²) in [5.41, 5.74) is 5.76. The van der Waals surface area contributed by atoms with E-state index in [1.54, 1.807) is 0 Å². The normalized spacial score (nSPS) is 26.9. The van der Waals surface area contributed by atoms with Gasteiger partial charge in [-0.25, -0.2) is 8.78 Å². The average Bonchev–Trinajstić information content (AvgIpc) is 3.44. The number of nitrogens with zero attached hydrogens (tertiary/aromatic N) is 3. The predicted molar refractivity (Wildman–Crippen MR) is 138 cm³/mol. The van der Waals surface area contributed by atoms with E-state index < -0.39 is 40.9 Å². The van der Waals surface area contributed by atoms with Gasteiger partial charge in [0.15, 0.2) is 5.82 Å². The number of benzene rings is 1. The molecule has 1 aromatic carbocycles. The van der Waals surface area contributed by atoms with Crippen molar-refractivity contribution in [3.8, 4) is 6.01 Å². The first kappa shape index (κ1) is 27.3. The Bertz CT molecular complexity index is 1350. The molecule has 40 heavy (non-hydrogen) atoms. The highest BCUT2D eigenvalue weighted by Crippen LogP contribution is 2.45. The molecule has 3 atom stereocenters. The second-order valence-electron chi connectivity index (χ2n) is 11.2. The number of halogens is 5. The summed E-state index contributed by atoms with van der Waals surface area (Å²) in [5.74, 6) is -1.14. The maximum atomic E-state index is 15.2. The third-order valence-electron chi connectivity index (χ3n) is 8.61. The van der Waals surface area contributed by atoms with Gasteiger partial charge in [-0.15, -0.1) is 0 Å². The van der Waals surface area contributed by atoms with Crippen LogP contribution in [0.2, 0.25) is 0 Å². The van der Waals surface area contributed by atoms with Crippen LogP contribution < -0.4 is 15.8 Å². The average molecular weight is 566 g/mol. The molecule has 3 N–H and O–H groups in total. The number of nitrogens with one attached hydrogen (secondary N) is 1. The summed E-state index contributed by atoms with van der Waals surface area (Å²) in [5, 5.41) is 3.25. The summed E-state index contributed by atoms with van der Waals surface area (Å²) in [6.07, 6.45) is -2.24. The lowest BCUT2D eigenvalue weighted by Crippen LogP contribution is -2.43. The molecule has 2 aromatic rings. The molecular weight excluding hydrogens is 533 g/mol. The van der Waals surface area contributed by atoms with Crippen LogP contribution in [0.4, 0.5) is 27.6 Å².